The number of nitrogens with one attached hydrogen (secondary N) is 1. The van der Waals surface area contributed by atoms with Gasteiger partial charge in [-0.1, -0.05) is 19.9 Å². The lowest BCUT2D eigenvalue weighted by Gasteiger charge is -2.32. The van der Waals surface area contributed by atoms with E-state index in [2.05, 4.69) is 54.2 Å². The van der Waals surface area contributed by atoms with Crippen LogP contribution in [0.25, 0.3) is 0 Å². The highest BCUT2D eigenvalue weighted by molar-refractivity contribution is 5.37. The van der Waals surface area contributed by atoms with Gasteiger partial charge in [-0.15, -0.1) is 0 Å². The maximum Gasteiger partial charge on any atom is 0.123 e. The third-order valence-electron chi connectivity index (χ3n) is 4.05. The van der Waals surface area contributed by atoms with Gasteiger partial charge in [-0.05, 0) is 24.7 Å². The summed E-state index contributed by atoms with van der Waals surface area (Å²) in [7, 11) is 3.95. The zero-order valence-corrected chi connectivity index (χ0v) is 13.9. The Balaban J connectivity index is 2.03. The molecule has 0 bridgehead atoms. The second kappa shape index (κ2) is 7.78. The maximum atomic E-state index is 5.53. The largest absolute Gasteiger partial charge is 0.496 e. The summed E-state index contributed by atoms with van der Waals surface area (Å²) in [5.41, 5.74) is 2.62. The van der Waals surface area contributed by atoms with Crippen molar-refractivity contribution in [1.82, 2.24) is 15.1 Å². The molecule has 4 nitrogen and oxygen atoms in total. The third kappa shape index (κ3) is 4.99. The molecule has 2 rings (SSSR count). The molecule has 0 aromatic heterocycles. The molecule has 0 spiro atoms. The number of hydrogen-bond acceptors (Lipinski definition) is 4. The zero-order valence-electron chi connectivity index (χ0n) is 13.9. The van der Waals surface area contributed by atoms with Crippen LogP contribution in [0.5, 0.6) is 5.75 Å². The van der Waals surface area contributed by atoms with Crippen molar-refractivity contribution in [3.63, 3.8) is 0 Å². The van der Waals surface area contributed by atoms with Crippen molar-refractivity contribution in [2.75, 3.05) is 40.3 Å². The minimum Gasteiger partial charge on any atom is -0.496 e. The van der Waals surface area contributed by atoms with Gasteiger partial charge < -0.3 is 15.0 Å². The van der Waals surface area contributed by atoms with Gasteiger partial charge in [-0.2, -0.15) is 0 Å². The lowest BCUT2D eigenvalue weighted by atomic mass is 10.1. The first-order valence-corrected chi connectivity index (χ1v) is 7.88. The molecule has 0 saturated carbocycles. The highest BCUT2D eigenvalue weighted by Crippen LogP contribution is 2.22. The molecule has 4 heteroatoms. The smallest absolute Gasteiger partial charge is 0.123 e. The van der Waals surface area contributed by atoms with Gasteiger partial charge >= 0.3 is 0 Å². The minimum absolute atomic E-state index is 0.508. The van der Waals surface area contributed by atoms with E-state index in [1.54, 1.807) is 7.11 Å². The number of ether oxygens (including phenoxy) is 1. The first-order valence-electron chi connectivity index (χ1n) is 7.88. The van der Waals surface area contributed by atoms with Gasteiger partial charge in [0, 0.05) is 50.9 Å². The lowest BCUT2D eigenvalue weighted by Crippen LogP contribution is -2.43. The summed E-state index contributed by atoms with van der Waals surface area (Å²) >= 11 is 0. The molecule has 1 aromatic carbocycles. The predicted molar refractivity (Wildman–Crippen MR) is 87.7 cm³/mol. The molecule has 1 saturated heterocycles. The van der Waals surface area contributed by atoms with Crippen LogP contribution in [0.15, 0.2) is 18.2 Å². The Kier molecular flexibility index (Phi) is 6.03. The molecule has 1 heterocycles. The molecule has 118 valence electrons. The van der Waals surface area contributed by atoms with E-state index in [4.69, 9.17) is 4.74 Å². The van der Waals surface area contributed by atoms with Crippen LogP contribution in [0.1, 0.15) is 25.0 Å². The van der Waals surface area contributed by atoms with Crippen molar-refractivity contribution >= 4 is 0 Å². The standard InChI is InChI=1S/C17H29N3O/c1-14(2)18-12-15-5-6-17(21-4)16(11-15)13-20-9-7-19(3)8-10-20/h5-6,11,14,18H,7-10,12-13H2,1-4H3. The molecule has 21 heavy (non-hydrogen) atoms. The van der Waals surface area contributed by atoms with Gasteiger partial charge in [-0.3, -0.25) is 4.90 Å². The van der Waals surface area contributed by atoms with E-state index in [9.17, 15) is 0 Å². The van der Waals surface area contributed by atoms with E-state index in [1.807, 2.05) is 0 Å². The quantitative estimate of drug-likeness (QED) is 0.867. The van der Waals surface area contributed by atoms with Crippen molar-refractivity contribution in [3.8, 4) is 5.75 Å². The number of nitrogens with zero attached hydrogens (tertiary/aromatic N) is 2. The molecule has 1 aromatic rings. The van der Waals surface area contributed by atoms with Gasteiger partial charge in [-0.25, -0.2) is 0 Å². The topological polar surface area (TPSA) is 27.7 Å². The van der Waals surface area contributed by atoms with Crippen LogP contribution in [0, 0.1) is 0 Å². The van der Waals surface area contributed by atoms with Crippen LogP contribution in [-0.4, -0.2) is 56.2 Å². The summed E-state index contributed by atoms with van der Waals surface area (Å²) in [6.07, 6.45) is 0. The molecule has 1 aliphatic heterocycles. The SMILES string of the molecule is COc1ccc(CNC(C)C)cc1CN1CCN(C)CC1. The summed E-state index contributed by atoms with van der Waals surface area (Å²) < 4.78 is 5.53. The number of methoxy groups -OCH3 is 1. The Morgan fingerprint density at radius 2 is 1.90 bits per heavy atom. The fraction of sp³-hybridized carbons (Fsp3) is 0.647. The monoisotopic (exact) mass is 291 g/mol. The summed E-state index contributed by atoms with van der Waals surface area (Å²) in [4.78, 5) is 4.90. The van der Waals surface area contributed by atoms with Gasteiger partial charge in [0.15, 0.2) is 0 Å². The van der Waals surface area contributed by atoms with Gasteiger partial charge in [0.1, 0.15) is 5.75 Å². The van der Waals surface area contributed by atoms with Gasteiger partial charge in [0.2, 0.25) is 0 Å². The van der Waals surface area contributed by atoms with Crippen LogP contribution in [0.2, 0.25) is 0 Å². The molecular formula is C17H29N3O. The van der Waals surface area contributed by atoms with Gasteiger partial charge in [0.05, 0.1) is 7.11 Å². The fourth-order valence-corrected chi connectivity index (χ4v) is 2.63. The average molecular weight is 291 g/mol. The summed E-state index contributed by atoms with van der Waals surface area (Å²) in [6, 6.07) is 7.05. The minimum atomic E-state index is 0.508. The van der Waals surface area contributed by atoms with Crippen LogP contribution in [0.3, 0.4) is 0 Å². The molecule has 0 aliphatic carbocycles. The Hall–Kier alpha value is -1.10. The number of benzene rings is 1. The Labute approximate surface area is 129 Å². The van der Waals surface area contributed by atoms with E-state index < -0.39 is 0 Å². The number of piperazine rings is 1. The van der Waals surface area contributed by atoms with E-state index in [0.717, 1.165) is 45.0 Å². The first-order chi connectivity index (χ1) is 10.1. The number of rotatable bonds is 6. The Morgan fingerprint density at radius 3 is 2.52 bits per heavy atom. The third-order valence-corrected chi connectivity index (χ3v) is 4.05. The van der Waals surface area contributed by atoms with Crippen LogP contribution < -0.4 is 10.1 Å². The Bertz CT molecular complexity index is 440. The van der Waals surface area contributed by atoms with E-state index in [-0.39, 0.29) is 0 Å². The predicted octanol–water partition coefficient (Wildman–Crippen LogP) is 1.94. The van der Waals surface area contributed by atoms with Crippen LogP contribution >= 0.6 is 0 Å². The highest BCUT2D eigenvalue weighted by Gasteiger charge is 2.16. The van der Waals surface area contributed by atoms with Crippen LogP contribution in [-0.2, 0) is 13.1 Å². The molecular weight excluding hydrogens is 262 g/mol. The lowest BCUT2D eigenvalue weighted by molar-refractivity contribution is 0.147. The molecule has 0 amide bonds. The summed E-state index contributed by atoms with van der Waals surface area (Å²) in [5.74, 6) is 1.00. The highest BCUT2D eigenvalue weighted by atomic mass is 16.5. The van der Waals surface area contributed by atoms with Crippen LogP contribution in [0.4, 0.5) is 0 Å². The van der Waals surface area contributed by atoms with Gasteiger partial charge in [0.25, 0.3) is 0 Å². The van der Waals surface area contributed by atoms with E-state index >= 15 is 0 Å². The fourth-order valence-electron chi connectivity index (χ4n) is 2.63. The normalized spacial score (nSPS) is 17.4. The van der Waals surface area contributed by atoms with Crippen molar-refractivity contribution < 1.29 is 4.74 Å². The van der Waals surface area contributed by atoms with Crippen molar-refractivity contribution in [1.29, 1.82) is 0 Å². The van der Waals surface area contributed by atoms with E-state index in [1.165, 1.54) is 11.1 Å². The number of likely N-dealkylation sites (N-methyl/N-ethyl adjacent to an activating group) is 1. The second-order valence-electron chi connectivity index (χ2n) is 6.26. The second-order valence-corrected chi connectivity index (χ2v) is 6.26. The van der Waals surface area contributed by atoms with Crippen molar-refractivity contribution in [3.05, 3.63) is 29.3 Å². The average Bonchev–Trinajstić information content (AvgIpc) is 2.48. The molecule has 1 fully saturated rings. The summed E-state index contributed by atoms with van der Waals surface area (Å²) in [6.45, 7) is 10.8. The van der Waals surface area contributed by atoms with Crippen molar-refractivity contribution in [2.45, 2.75) is 33.0 Å². The molecule has 0 unspecified atom stereocenters. The van der Waals surface area contributed by atoms with E-state index in [0.29, 0.717) is 6.04 Å². The molecule has 0 radical (unpaired) electrons. The molecule has 0 atom stereocenters. The molecule has 1 N–H and O–H groups in total. The zero-order chi connectivity index (χ0) is 15.2. The number of hydrogen-bond donors (Lipinski definition) is 1. The summed E-state index contributed by atoms with van der Waals surface area (Å²) in [5, 5.41) is 3.47. The first kappa shape index (κ1) is 16.3. The maximum absolute atomic E-state index is 5.53. The molecule has 1 aliphatic rings. The Morgan fingerprint density at radius 1 is 1.19 bits per heavy atom. The van der Waals surface area contributed by atoms with Crippen molar-refractivity contribution in [2.24, 2.45) is 0 Å².